The van der Waals surface area contributed by atoms with Crippen molar-refractivity contribution in [3.05, 3.63) is 156 Å². The first kappa shape index (κ1) is 30.2. The van der Waals surface area contributed by atoms with Crippen LogP contribution in [-0.4, -0.2) is 20.6 Å². The Hall–Kier alpha value is -5.83. The van der Waals surface area contributed by atoms with Gasteiger partial charge >= 0.3 is 12.1 Å². The number of halogens is 3. The minimum absolute atomic E-state index is 0.0264. The summed E-state index contributed by atoms with van der Waals surface area (Å²) < 4.78 is 55.7. The Morgan fingerprint density at radius 1 is 0.696 bits per heavy atom. The van der Waals surface area contributed by atoms with E-state index >= 15 is 0 Å². The number of carboxylic acids is 1. The second kappa shape index (κ2) is 13.0. The SMILES string of the molecule is O=C(O)c1cc(-n2cc(-c3ccccc3OCc3ccccc3)nc2-c2ccccc2OCc2ccccc2)cc(C(F)(F)F)c1. The number of hydrogen-bond acceptors (Lipinski definition) is 4. The van der Waals surface area contributed by atoms with E-state index in [-0.39, 0.29) is 24.7 Å². The third-order valence-corrected chi connectivity index (χ3v) is 7.24. The van der Waals surface area contributed by atoms with E-state index in [9.17, 15) is 23.1 Å². The van der Waals surface area contributed by atoms with E-state index in [0.29, 0.717) is 34.4 Å². The van der Waals surface area contributed by atoms with Gasteiger partial charge in [-0.05, 0) is 53.6 Å². The van der Waals surface area contributed by atoms with Crippen LogP contribution >= 0.6 is 0 Å². The lowest BCUT2D eigenvalue weighted by atomic mass is 10.1. The van der Waals surface area contributed by atoms with Crippen molar-refractivity contribution in [2.24, 2.45) is 0 Å². The van der Waals surface area contributed by atoms with Gasteiger partial charge in [0, 0.05) is 17.4 Å². The number of ether oxygens (including phenoxy) is 2. The molecule has 0 aliphatic rings. The van der Waals surface area contributed by atoms with Crippen LogP contribution in [0.15, 0.2) is 134 Å². The number of imidazole rings is 1. The zero-order valence-electron chi connectivity index (χ0n) is 24.3. The first-order valence-electron chi connectivity index (χ1n) is 14.3. The van der Waals surface area contributed by atoms with Crippen molar-refractivity contribution in [2.45, 2.75) is 19.4 Å². The number of carbonyl (C=O) groups is 1. The molecule has 0 atom stereocenters. The zero-order valence-corrected chi connectivity index (χ0v) is 24.3. The molecule has 0 bridgehead atoms. The Kier molecular flexibility index (Phi) is 8.56. The molecule has 1 heterocycles. The van der Waals surface area contributed by atoms with Crippen LogP contribution in [0.5, 0.6) is 11.5 Å². The molecule has 1 aromatic heterocycles. The van der Waals surface area contributed by atoms with E-state index in [1.54, 1.807) is 36.5 Å². The van der Waals surface area contributed by atoms with Gasteiger partial charge in [-0.3, -0.25) is 4.57 Å². The van der Waals surface area contributed by atoms with Gasteiger partial charge in [-0.2, -0.15) is 13.2 Å². The molecule has 9 heteroatoms. The molecule has 0 aliphatic heterocycles. The molecule has 0 radical (unpaired) electrons. The Labute approximate surface area is 262 Å². The highest BCUT2D eigenvalue weighted by molar-refractivity contribution is 5.89. The van der Waals surface area contributed by atoms with Gasteiger partial charge in [0.05, 0.1) is 22.4 Å². The lowest BCUT2D eigenvalue weighted by molar-refractivity contribution is -0.137. The molecule has 1 N–H and O–H groups in total. The van der Waals surface area contributed by atoms with E-state index < -0.39 is 23.3 Å². The average molecular weight is 621 g/mol. The summed E-state index contributed by atoms with van der Waals surface area (Å²) in [5, 5.41) is 9.70. The van der Waals surface area contributed by atoms with Crippen LogP contribution < -0.4 is 9.47 Å². The molecule has 0 aliphatic carbocycles. The summed E-state index contributed by atoms with van der Waals surface area (Å²) in [5.74, 6) is -0.261. The van der Waals surface area contributed by atoms with Crippen molar-refractivity contribution in [3.8, 4) is 39.8 Å². The summed E-state index contributed by atoms with van der Waals surface area (Å²) in [6, 6.07) is 36.2. The first-order chi connectivity index (χ1) is 22.3. The van der Waals surface area contributed by atoms with E-state index in [1.807, 2.05) is 78.9 Å². The number of hydrogen-bond donors (Lipinski definition) is 1. The molecule has 6 nitrogen and oxygen atoms in total. The third-order valence-electron chi connectivity index (χ3n) is 7.24. The first-order valence-corrected chi connectivity index (χ1v) is 14.3. The highest BCUT2D eigenvalue weighted by Gasteiger charge is 2.32. The number of benzene rings is 5. The van der Waals surface area contributed by atoms with Crippen molar-refractivity contribution >= 4 is 5.97 Å². The molecular formula is C37H27F3N2O4. The summed E-state index contributed by atoms with van der Waals surface area (Å²) >= 11 is 0. The highest BCUT2D eigenvalue weighted by atomic mass is 19.4. The number of nitrogens with zero attached hydrogens (tertiary/aromatic N) is 2. The molecule has 230 valence electrons. The number of para-hydroxylation sites is 2. The van der Waals surface area contributed by atoms with Crippen LogP contribution in [0.1, 0.15) is 27.0 Å². The van der Waals surface area contributed by atoms with Crippen molar-refractivity contribution in [3.63, 3.8) is 0 Å². The zero-order chi connectivity index (χ0) is 32.1. The van der Waals surface area contributed by atoms with Crippen LogP contribution in [0.3, 0.4) is 0 Å². The lowest BCUT2D eigenvalue weighted by Crippen LogP contribution is -2.10. The normalized spacial score (nSPS) is 11.3. The summed E-state index contributed by atoms with van der Waals surface area (Å²) in [6.07, 6.45) is -3.20. The standard InChI is InChI=1S/C37H27F3N2O4/c38-37(39,40)28-19-27(36(43)44)20-29(21-28)42-22-32(30-15-7-9-17-33(30)45-23-25-11-3-1-4-12-25)41-35(42)31-16-8-10-18-34(31)46-24-26-13-5-2-6-14-26/h1-22H,23-24H2,(H,43,44). The van der Waals surface area contributed by atoms with E-state index in [4.69, 9.17) is 14.5 Å². The number of alkyl halides is 3. The van der Waals surface area contributed by atoms with Crippen LogP contribution in [0, 0.1) is 0 Å². The van der Waals surface area contributed by atoms with Crippen LogP contribution in [0.4, 0.5) is 13.2 Å². The van der Waals surface area contributed by atoms with Gasteiger partial charge in [0.1, 0.15) is 30.5 Å². The highest BCUT2D eigenvalue weighted by Crippen LogP contribution is 2.38. The molecular weight excluding hydrogens is 593 g/mol. The van der Waals surface area contributed by atoms with Gasteiger partial charge < -0.3 is 14.6 Å². The minimum Gasteiger partial charge on any atom is -0.488 e. The summed E-state index contributed by atoms with van der Waals surface area (Å²) in [5.41, 5.74) is 1.77. The number of aromatic nitrogens is 2. The Morgan fingerprint density at radius 2 is 1.22 bits per heavy atom. The third kappa shape index (κ3) is 6.78. The second-order valence-corrected chi connectivity index (χ2v) is 10.4. The average Bonchev–Trinajstić information content (AvgIpc) is 3.52. The van der Waals surface area contributed by atoms with Gasteiger partial charge in [-0.15, -0.1) is 0 Å². The molecule has 6 rings (SSSR count). The maximum Gasteiger partial charge on any atom is 0.416 e. The largest absolute Gasteiger partial charge is 0.488 e. The molecule has 5 aromatic carbocycles. The van der Waals surface area contributed by atoms with Crippen molar-refractivity contribution in [1.29, 1.82) is 0 Å². The van der Waals surface area contributed by atoms with Gasteiger partial charge in [0.2, 0.25) is 0 Å². The smallest absolute Gasteiger partial charge is 0.416 e. The Morgan fingerprint density at radius 3 is 1.78 bits per heavy atom. The fraction of sp³-hybridized carbons (Fsp3) is 0.0811. The summed E-state index contributed by atoms with van der Waals surface area (Å²) in [6.45, 7) is 0.533. The molecule has 0 spiro atoms. The van der Waals surface area contributed by atoms with Crippen molar-refractivity contribution < 1.29 is 32.5 Å². The number of carboxylic acid groups (broad SMARTS) is 1. The van der Waals surface area contributed by atoms with Crippen molar-refractivity contribution in [2.75, 3.05) is 0 Å². The fourth-order valence-electron chi connectivity index (χ4n) is 4.99. The fourth-order valence-corrected chi connectivity index (χ4v) is 4.99. The maximum absolute atomic E-state index is 14.0. The van der Waals surface area contributed by atoms with Crippen LogP contribution in [0.25, 0.3) is 28.3 Å². The number of aromatic carboxylic acids is 1. The van der Waals surface area contributed by atoms with E-state index in [0.717, 1.165) is 17.2 Å². The quantitative estimate of drug-likeness (QED) is 0.165. The maximum atomic E-state index is 14.0. The predicted octanol–water partition coefficient (Wildman–Crippen LogP) is 9.08. The van der Waals surface area contributed by atoms with Gasteiger partial charge in [0.25, 0.3) is 0 Å². The van der Waals surface area contributed by atoms with E-state index in [1.165, 1.54) is 10.6 Å². The molecule has 0 saturated carbocycles. The molecule has 6 aromatic rings. The lowest BCUT2D eigenvalue weighted by Gasteiger charge is -2.15. The molecule has 0 saturated heterocycles. The molecule has 46 heavy (non-hydrogen) atoms. The predicted molar refractivity (Wildman–Crippen MR) is 168 cm³/mol. The molecule has 0 amide bonds. The second-order valence-electron chi connectivity index (χ2n) is 10.4. The molecule has 0 unspecified atom stereocenters. The minimum atomic E-state index is -4.78. The Bertz CT molecular complexity index is 1970. The van der Waals surface area contributed by atoms with Crippen LogP contribution in [0.2, 0.25) is 0 Å². The summed E-state index contributed by atoms with van der Waals surface area (Å²) in [7, 11) is 0. The van der Waals surface area contributed by atoms with E-state index in [2.05, 4.69) is 0 Å². The number of rotatable bonds is 10. The van der Waals surface area contributed by atoms with Gasteiger partial charge in [-0.25, -0.2) is 9.78 Å². The van der Waals surface area contributed by atoms with Crippen molar-refractivity contribution in [1.82, 2.24) is 9.55 Å². The molecule has 0 fully saturated rings. The topological polar surface area (TPSA) is 73.6 Å². The monoisotopic (exact) mass is 620 g/mol. The van der Waals surface area contributed by atoms with Crippen LogP contribution in [-0.2, 0) is 19.4 Å². The Balaban J connectivity index is 1.49. The van der Waals surface area contributed by atoms with Gasteiger partial charge in [0.15, 0.2) is 0 Å². The summed E-state index contributed by atoms with van der Waals surface area (Å²) in [4.78, 5) is 16.8. The van der Waals surface area contributed by atoms with Gasteiger partial charge in [-0.1, -0.05) is 84.9 Å².